The van der Waals surface area contributed by atoms with Gasteiger partial charge in [0.25, 0.3) is 5.91 Å². The Kier molecular flexibility index (Phi) is 6.49. The lowest BCUT2D eigenvalue weighted by atomic mass is 9.94. The molecule has 1 aliphatic heterocycles. The van der Waals surface area contributed by atoms with Gasteiger partial charge >= 0.3 is 0 Å². The Hall–Kier alpha value is -3.07. The summed E-state index contributed by atoms with van der Waals surface area (Å²) in [5.74, 6) is 0.319. The minimum Gasteiger partial charge on any atom is -0.459 e. The quantitative estimate of drug-likeness (QED) is 0.770. The van der Waals surface area contributed by atoms with Gasteiger partial charge in [0, 0.05) is 32.1 Å². The topological polar surface area (TPSA) is 77.5 Å². The summed E-state index contributed by atoms with van der Waals surface area (Å²) in [7, 11) is 0. The van der Waals surface area contributed by atoms with Crippen LogP contribution in [0.5, 0.6) is 0 Å². The van der Waals surface area contributed by atoms with E-state index in [4.69, 9.17) is 9.68 Å². The fourth-order valence-corrected chi connectivity index (χ4v) is 3.59. The standard InChI is InChI=1S/C22H25N3O3/c1-2-11-25(16-18-7-5-17(15-23)6-8-18)21(26)19-9-12-24(13-10-19)22(27)20-4-3-14-28-20/h3-8,14,19H,2,9-13,16H2,1H3. The smallest absolute Gasteiger partial charge is 0.289 e. The van der Waals surface area contributed by atoms with Crippen LogP contribution in [-0.2, 0) is 11.3 Å². The first kappa shape index (κ1) is 19.7. The zero-order valence-corrected chi connectivity index (χ0v) is 16.1. The molecule has 6 nitrogen and oxygen atoms in total. The summed E-state index contributed by atoms with van der Waals surface area (Å²) < 4.78 is 5.19. The minimum absolute atomic E-state index is 0.0643. The van der Waals surface area contributed by atoms with Gasteiger partial charge in [-0.1, -0.05) is 19.1 Å². The molecule has 3 rings (SSSR count). The van der Waals surface area contributed by atoms with Crippen molar-refractivity contribution >= 4 is 11.8 Å². The maximum absolute atomic E-state index is 13.1. The molecule has 0 N–H and O–H groups in total. The Morgan fingerprint density at radius 1 is 1.21 bits per heavy atom. The highest BCUT2D eigenvalue weighted by atomic mass is 16.3. The fourth-order valence-electron chi connectivity index (χ4n) is 3.59. The van der Waals surface area contributed by atoms with Crippen molar-refractivity contribution in [3.05, 3.63) is 59.5 Å². The van der Waals surface area contributed by atoms with Gasteiger partial charge in [-0.2, -0.15) is 5.26 Å². The number of carbonyl (C=O) groups excluding carboxylic acids is 2. The second-order valence-electron chi connectivity index (χ2n) is 7.11. The average molecular weight is 379 g/mol. The number of rotatable bonds is 6. The number of carbonyl (C=O) groups is 2. The van der Waals surface area contributed by atoms with Gasteiger partial charge in [0.2, 0.25) is 5.91 Å². The van der Waals surface area contributed by atoms with Crippen molar-refractivity contribution < 1.29 is 14.0 Å². The molecule has 1 saturated heterocycles. The Morgan fingerprint density at radius 3 is 2.50 bits per heavy atom. The van der Waals surface area contributed by atoms with E-state index in [0.29, 0.717) is 50.3 Å². The monoisotopic (exact) mass is 379 g/mol. The number of likely N-dealkylation sites (tertiary alicyclic amines) is 1. The fraction of sp³-hybridized carbons (Fsp3) is 0.409. The van der Waals surface area contributed by atoms with E-state index < -0.39 is 0 Å². The van der Waals surface area contributed by atoms with E-state index in [0.717, 1.165) is 12.0 Å². The third-order valence-electron chi connectivity index (χ3n) is 5.13. The first-order chi connectivity index (χ1) is 13.6. The van der Waals surface area contributed by atoms with Gasteiger partial charge in [-0.25, -0.2) is 0 Å². The van der Waals surface area contributed by atoms with Crippen LogP contribution < -0.4 is 0 Å². The zero-order valence-electron chi connectivity index (χ0n) is 16.1. The molecule has 1 aromatic heterocycles. The summed E-state index contributed by atoms with van der Waals surface area (Å²) in [4.78, 5) is 29.1. The first-order valence-corrected chi connectivity index (χ1v) is 9.73. The molecule has 0 spiro atoms. The number of nitriles is 1. The van der Waals surface area contributed by atoms with Crippen LogP contribution in [0.25, 0.3) is 0 Å². The second-order valence-corrected chi connectivity index (χ2v) is 7.11. The summed E-state index contributed by atoms with van der Waals surface area (Å²) in [6.07, 6.45) is 3.71. The summed E-state index contributed by atoms with van der Waals surface area (Å²) in [5.41, 5.74) is 1.64. The highest BCUT2D eigenvalue weighted by Gasteiger charge is 2.31. The van der Waals surface area contributed by atoms with E-state index in [1.807, 2.05) is 17.0 Å². The van der Waals surface area contributed by atoms with Crippen LogP contribution in [-0.4, -0.2) is 41.2 Å². The lowest BCUT2D eigenvalue weighted by Crippen LogP contribution is -2.44. The Bertz CT molecular complexity index is 829. The highest BCUT2D eigenvalue weighted by Crippen LogP contribution is 2.22. The van der Waals surface area contributed by atoms with Crippen LogP contribution in [0.4, 0.5) is 0 Å². The van der Waals surface area contributed by atoms with Crippen molar-refractivity contribution in [2.75, 3.05) is 19.6 Å². The molecule has 0 saturated carbocycles. The molecule has 2 amide bonds. The van der Waals surface area contributed by atoms with Crippen LogP contribution in [0.3, 0.4) is 0 Å². The summed E-state index contributed by atoms with van der Waals surface area (Å²) in [6, 6.07) is 12.8. The van der Waals surface area contributed by atoms with E-state index in [1.54, 1.807) is 29.2 Å². The molecule has 2 heterocycles. The lowest BCUT2D eigenvalue weighted by molar-refractivity contribution is -0.137. The molecule has 2 aromatic rings. The largest absolute Gasteiger partial charge is 0.459 e. The molecule has 0 atom stereocenters. The third-order valence-corrected chi connectivity index (χ3v) is 5.13. The molecular weight excluding hydrogens is 354 g/mol. The second kappa shape index (κ2) is 9.23. The van der Waals surface area contributed by atoms with Crippen molar-refractivity contribution in [3.63, 3.8) is 0 Å². The van der Waals surface area contributed by atoms with Crippen LogP contribution in [0.1, 0.15) is 47.9 Å². The van der Waals surface area contributed by atoms with E-state index in [2.05, 4.69) is 13.0 Å². The van der Waals surface area contributed by atoms with Crippen molar-refractivity contribution in [3.8, 4) is 6.07 Å². The van der Waals surface area contributed by atoms with Crippen LogP contribution in [0.2, 0.25) is 0 Å². The molecule has 6 heteroatoms. The molecule has 0 radical (unpaired) electrons. The van der Waals surface area contributed by atoms with Gasteiger partial charge in [0.15, 0.2) is 5.76 Å². The van der Waals surface area contributed by atoms with Gasteiger partial charge in [0.05, 0.1) is 17.9 Å². The zero-order chi connectivity index (χ0) is 19.9. The lowest BCUT2D eigenvalue weighted by Gasteiger charge is -2.34. The molecule has 1 aromatic carbocycles. The molecule has 0 aliphatic carbocycles. The number of benzene rings is 1. The minimum atomic E-state index is -0.112. The van der Waals surface area contributed by atoms with E-state index in [9.17, 15) is 9.59 Å². The van der Waals surface area contributed by atoms with Crippen molar-refractivity contribution in [2.45, 2.75) is 32.7 Å². The molecule has 1 aliphatic rings. The predicted molar refractivity (Wildman–Crippen MR) is 104 cm³/mol. The Labute approximate surface area is 165 Å². The number of piperidine rings is 1. The number of hydrogen-bond donors (Lipinski definition) is 0. The van der Waals surface area contributed by atoms with E-state index in [1.165, 1.54) is 6.26 Å². The van der Waals surface area contributed by atoms with Gasteiger partial charge in [-0.15, -0.1) is 0 Å². The molecule has 28 heavy (non-hydrogen) atoms. The van der Waals surface area contributed by atoms with Crippen molar-refractivity contribution in [2.24, 2.45) is 5.92 Å². The average Bonchev–Trinajstić information content (AvgIpc) is 3.28. The molecule has 1 fully saturated rings. The maximum atomic E-state index is 13.1. The summed E-state index contributed by atoms with van der Waals surface area (Å²) >= 11 is 0. The van der Waals surface area contributed by atoms with Crippen LogP contribution >= 0.6 is 0 Å². The normalized spacial score (nSPS) is 14.5. The van der Waals surface area contributed by atoms with Gasteiger partial charge in [0.1, 0.15) is 0 Å². The Balaban J connectivity index is 1.59. The molecule has 0 bridgehead atoms. The van der Waals surface area contributed by atoms with Crippen LogP contribution in [0, 0.1) is 17.2 Å². The van der Waals surface area contributed by atoms with Gasteiger partial charge in [-0.3, -0.25) is 9.59 Å². The third kappa shape index (κ3) is 4.61. The van der Waals surface area contributed by atoms with Gasteiger partial charge in [-0.05, 0) is 49.1 Å². The number of nitrogens with zero attached hydrogens (tertiary/aromatic N) is 3. The predicted octanol–water partition coefficient (Wildman–Crippen LogP) is 3.44. The van der Waals surface area contributed by atoms with Crippen LogP contribution in [0.15, 0.2) is 47.1 Å². The number of hydrogen-bond acceptors (Lipinski definition) is 4. The SMILES string of the molecule is CCCN(Cc1ccc(C#N)cc1)C(=O)C1CCN(C(=O)c2ccco2)CC1. The Morgan fingerprint density at radius 2 is 1.93 bits per heavy atom. The molecular formula is C22H25N3O3. The van der Waals surface area contributed by atoms with E-state index >= 15 is 0 Å². The molecule has 146 valence electrons. The molecule has 0 unspecified atom stereocenters. The van der Waals surface area contributed by atoms with E-state index in [-0.39, 0.29) is 17.7 Å². The summed E-state index contributed by atoms with van der Waals surface area (Å²) in [6.45, 7) is 4.43. The number of amides is 2. The first-order valence-electron chi connectivity index (χ1n) is 9.73. The maximum Gasteiger partial charge on any atom is 0.289 e. The van der Waals surface area contributed by atoms with Crippen molar-refractivity contribution in [1.82, 2.24) is 9.80 Å². The highest BCUT2D eigenvalue weighted by molar-refractivity contribution is 5.91. The van der Waals surface area contributed by atoms with Gasteiger partial charge < -0.3 is 14.2 Å². The van der Waals surface area contributed by atoms with Crippen molar-refractivity contribution in [1.29, 1.82) is 5.26 Å². The summed E-state index contributed by atoms with van der Waals surface area (Å²) in [5, 5.41) is 8.93. The number of furan rings is 1.